The first-order valence-corrected chi connectivity index (χ1v) is 8.19. The summed E-state index contributed by atoms with van der Waals surface area (Å²) in [4.78, 5) is 0. The molecule has 0 aromatic rings. The number of nitrogens with one attached hydrogen (secondary N) is 1. The maximum Gasteiger partial charge on any atom is 0.0626 e. The summed E-state index contributed by atoms with van der Waals surface area (Å²) in [5.74, 6) is 0.828. The second-order valence-electron chi connectivity index (χ2n) is 6.39. The summed E-state index contributed by atoms with van der Waals surface area (Å²) < 4.78 is 12.0. The fraction of sp³-hybridized carbons (Fsp3) is 1.00. The lowest BCUT2D eigenvalue weighted by Gasteiger charge is -2.34. The zero-order chi connectivity index (χ0) is 13.7. The largest absolute Gasteiger partial charge is 0.376 e. The Hall–Kier alpha value is -0.120. The predicted molar refractivity (Wildman–Crippen MR) is 78.4 cm³/mol. The molecular weight excluding hydrogens is 238 g/mol. The quantitative estimate of drug-likeness (QED) is 0.803. The van der Waals surface area contributed by atoms with Crippen LogP contribution in [0.5, 0.6) is 0 Å². The van der Waals surface area contributed by atoms with Gasteiger partial charge in [-0.2, -0.15) is 0 Å². The van der Waals surface area contributed by atoms with Gasteiger partial charge in [-0.1, -0.05) is 19.8 Å². The number of hydrogen-bond acceptors (Lipinski definition) is 3. The molecule has 3 nitrogen and oxygen atoms in total. The molecule has 112 valence electrons. The van der Waals surface area contributed by atoms with E-state index in [4.69, 9.17) is 9.47 Å². The number of ether oxygens (including phenoxy) is 2. The van der Waals surface area contributed by atoms with Gasteiger partial charge in [-0.25, -0.2) is 0 Å². The van der Waals surface area contributed by atoms with E-state index >= 15 is 0 Å². The summed E-state index contributed by atoms with van der Waals surface area (Å²) >= 11 is 0. The van der Waals surface area contributed by atoms with Crippen molar-refractivity contribution < 1.29 is 9.47 Å². The molecule has 1 aliphatic heterocycles. The maximum absolute atomic E-state index is 6.21. The zero-order valence-corrected chi connectivity index (χ0v) is 12.9. The summed E-state index contributed by atoms with van der Waals surface area (Å²) in [6.07, 6.45) is 8.73. The Balaban J connectivity index is 1.77. The lowest BCUT2D eigenvalue weighted by atomic mass is 9.98. The second kappa shape index (κ2) is 7.61. The van der Waals surface area contributed by atoms with Gasteiger partial charge >= 0.3 is 0 Å². The van der Waals surface area contributed by atoms with E-state index in [-0.39, 0.29) is 0 Å². The topological polar surface area (TPSA) is 30.5 Å². The highest BCUT2D eigenvalue weighted by molar-refractivity contribution is 4.81. The summed E-state index contributed by atoms with van der Waals surface area (Å²) in [7, 11) is 0. The molecule has 3 atom stereocenters. The minimum atomic E-state index is 0.345. The third-order valence-corrected chi connectivity index (χ3v) is 4.60. The van der Waals surface area contributed by atoms with Crippen molar-refractivity contribution in [2.24, 2.45) is 5.92 Å². The van der Waals surface area contributed by atoms with E-state index in [9.17, 15) is 0 Å². The van der Waals surface area contributed by atoms with Crippen molar-refractivity contribution in [3.63, 3.8) is 0 Å². The molecule has 3 heteroatoms. The van der Waals surface area contributed by atoms with Gasteiger partial charge in [0.1, 0.15) is 0 Å². The smallest absolute Gasteiger partial charge is 0.0626 e. The SMILES string of the molecule is CCNC(COC1CC(C)OC(C)C1)C1CCCC1. The molecule has 0 radical (unpaired) electrons. The normalized spacial score (nSPS) is 34.6. The summed E-state index contributed by atoms with van der Waals surface area (Å²) in [5, 5.41) is 3.63. The van der Waals surface area contributed by atoms with Crippen LogP contribution in [0.2, 0.25) is 0 Å². The van der Waals surface area contributed by atoms with Gasteiger partial charge in [-0.15, -0.1) is 0 Å². The highest BCUT2D eigenvalue weighted by atomic mass is 16.5. The van der Waals surface area contributed by atoms with Gasteiger partial charge in [-0.3, -0.25) is 0 Å². The molecule has 0 aromatic carbocycles. The Bertz CT molecular complexity index is 243. The fourth-order valence-corrected chi connectivity index (χ4v) is 3.70. The van der Waals surface area contributed by atoms with E-state index in [1.54, 1.807) is 0 Å². The third kappa shape index (κ3) is 4.73. The van der Waals surface area contributed by atoms with Crippen molar-refractivity contribution >= 4 is 0 Å². The van der Waals surface area contributed by atoms with E-state index in [0.29, 0.717) is 24.4 Å². The standard InChI is InChI=1S/C16H31NO2/c1-4-17-16(14-7-5-6-8-14)11-18-15-9-12(2)19-13(3)10-15/h12-17H,4-11H2,1-3H3. The van der Waals surface area contributed by atoms with Gasteiger partial charge < -0.3 is 14.8 Å². The van der Waals surface area contributed by atoms with Crippen LogP contribution in [0.25, 0.3) is 0 Å². The van der Waals surface area contributed by atoms with Gasteiger partial charge in [0.15, 0.2) is 0 Å². The molecular formula is C16H31NO2. The highest BCUT2D eigenvalue weighted by Gasteiger charge is 2.28. The van der Waals surface area contributed by atoms with Crippen LogP contribution in [0.3, 0.4) is 0 Å². The van der Waals surface area contributed by atoms with E-state index in [1.165, 1.54) is 25.7 Å². The Morgan fingerprint density at radius 2 is 1.79 bits per heavy atom. The van der Waals surface area contributed by atoms with Gasteiger partial charge in [0.2, 0.25) is 0 Å². The second-order valence-corrected chi connectivity index (χ2v) is 6.39. The first kappa shape index (κ1) is 15.3. The van der Waals surface area contributed by atoms with E-state index in [0.717, 1.165) is 31.9 Å². The Morgan fingerprint density at radius 1 is 1.16 bits per heavy atom. The van der Waals surface area contributed by atoms with Crippen molar-refractivity contribution in [2.75, 3.05) is 13.2 Å². The minimum Gasteiger partial charge on any atom is -0.376 e. The van der Waals surface area contributed by atoms with Gasteiger partial charge in [0.25, 0.3) is 0 Å². The average Bonchev–Trinajstić information content (AvgIpc) is 2.87. The molecule has 1 aliphatic carbocycles. The molecule has 3 unspecified atom stereocenters. The molecule has 0 bridgehead atoms. The zero-order valence-electron chi connectivity index (χ0n) is 12.9. The summed E-state index contributed by atoms with van der Waals surface area (Å²) in [6.45, 7) is 8.43. The van der Waals surface area contributed by atoms with Crippen LogP contribution in [0.15, 0.2) is 0 Å². The lowest BCUT2D eigenvalue weighted by Crippen LogP contribution is -2.42. The van der Waals surface area contributed by atoms with Crippen molar-refractivity contribution in [3.05, 3.63) is 0 Å². The molecule has 2 aliphatic rings. The van der Waals surface area contributed by atoms with E-state index in [1.807, 2.05) is 0 Å². The molecule has 1 saturated heterocycles. The summed E-state index contributed by atoms with van der Waals surface area (Å²) in [5.41, 5.74) is 0. The van der Waals surface area contributed by atoms with Gasteiger partial charge in [0, 0.05) is 6.04 Å². The Kier molecular flexibility index (Phi) is 6.11. The fourth-order valence-electron chi connectivity index (χ4n) is 3.70. The molecule has 0 spiro atoms. The summed E-state index contributed by atoms with van der Waals surface area (Å²) in [6, 6.07) is 0.556. The Labute approximate surface area is 118 Å². The van der Waals surface area contributed by atoms with Crippen LogP contribution in [0.4, 0.5) is 0 Å². The molecule has 1 N–H and O–H groups in total. The van der Waals surface area contributed by atoms with Crippen molar-refractivity contribution in [1.29, 1.82) is 0 Å². The molecule has 2 rings (SSSR count). The average molecular weight is 269 g/mol. The number of likely N-dealkylation sites (N-methyl/N-ethyl adjacent to an activating group) is 1. The van der Waals surface area contributed by atoms with Crippen molar-refractivity contribution in [3.8, 4) is 0 Å². The lowest BCUT2D eigenvalue weighted by molar-refractivity contribution is -0.106. The number of hydrogen-bond donors (Lipinski definition) is 1. The van der Waals surface area contributed by atoms with Crippen LogP contribution in [-0.4, -0.2) is 37.5 Å². The van der Waals surface area contributed by atoms with Crippen LogP contribution in [0.1, 0.15) is 59.3 Å². The van der Waals surface area contributed by atoms with E-state index in [2.05, 4.69) is 26.1 Å². The molecule has 1 heterocycles. The highest BCUT2D eigenvalue weighted by Crippen LogP contribution is 2.29. The monoisotopic (exact) mass is 269 g/mol. The van der Waals surface area contributed by atoms with Crippen molar-refractivity contribution in [1.82, 2.24) is 5.32 Å². The van der Waals surface area contributed by atoms with Crippen LogP contribution in [0, 0.1) is 5.92 Å². The first-order chi connectivity index (χ1) is 9.19. The molecule has 0 amide bonds. The van der Waals surface area contributed by atoms with Gasteiger partial charge in [-0.05, 0) is 52.0 Å². The first-order valence-electron chi connectivity index (χ1n) is 8.19. The Morgan fingerprint density at radius 3 is 2.37 bits per heavy atom. The van der Waals surface area contributed by atoms with Crippen LogP contribution in [-0.2, 0) is 9.47 Å². The molecule has 2 fully saturated rings. The minimum absolute atomic E-state index is 0.345. The van der Waals surface area contributed by atoms with Crippen LogP contribution >= 0.6 is 0 Å². The molecule has 1 saturated carbocycles. The predicted octanol–water partition coefficient (Wildman–Crippen LogP) is 3.13. The number of rotatable bonds is 6. The molecule has 0 aromatic heterocycles. The maximum atomic E-state index is 6.21. The van der Waals surface area contributed by atoms with E-state index < -0.39 is 0 Å². The van der Waals surface area contributed by atoms with Crippen LogP contribution < -0.4 is 5.32 Å². The third-order valence-electron chi connectivity index (χ3n) is 4.60. The van der Waals surface area contributed by atoms with Gasteiger partial charge in [0.05, 0.1) is 24.9 Å². The van der Waals surface area contributed by atoms with Crippen molar-refractivity contribution in [2.45, 2.75) is 83.6 Å². The molecule has 19 heavy (non-hydrogen) atoms.